The standard InChI is InChI=1S/C17H24N2O3S.ClH/c1-3-8-19(12-15-5-4-11-23-15)16(20)13(2)18-9-6-14(7-10-18)17(21)22;/h3-5,11,13-14H,1,6-10,12H2,2H3,(H,21,22);1H. The molecule has 1 aliphatic rings. The largest absolute Gasteiger partial charge is 0.481 e. The lowest BCUT2D eigenvalue weighted by Gasteiger charge is -2.36. The summed E-state index contributed by atoms with van der Waals surface area (Å²) in [4.78, 5) is 28.9. The summed E-state index contributed by atoms with van der Waals surface area (Å²) in [6.07, 6.45) is 2.97. The summed E-state index contributed by atoms with van der Waals surface area (Å²) >= 11 is 1.64. The van der Waals surface area contributed by atoms with Crippen LogP contribution in [0.1, 0.15) is 24.6 Å². The lowest BCUT2D eigenvalue weighted by atomic mass is 9.96. The van der Waals surface area contributed by atoms with Gasteiger partial charge in [0, 0.05) is 11.4 Å². The quantitative estimate of drug-likeness (QED) is 0.747. The summed E-state index contributed by atoms with van der Waals surface area (Å²) in [5.41, 5.74) is 0. The Hall–Kier alpha value is -1.37. The van der Waals surface area contributed by atoms with Crippen molar-refractivity contribution >= 4 is 35.6 Å². The smallest absolute Gasteiger partial charge is 0.306 e. The van der Waals surface area contributed by atoms with Gasteiger partial charge in [-0.15, -0.1) is 30.3 Å². The molecule has 0 aromatic carbocycles. The highest BCUT2D eigenvalue weighted by atomic mass is 35.5. The van der Waals surface area contributed by atoms with E-state index >= 15 is 0 Å². The average Bonchev–Trinajstić information content (AvgIpc) is 3.06. The zero-order chi connectivity index (χ0) is 16.8. The molecule has 0 radical (unpaired) electrons. The van der Waals surface area contributed by atoms with Crippen LogP contribution in [0.3, 0.4) is 0 Å². The highest BCUT2D eigenvalue weighted by molar-refractivity contribution is 7.09. The number of carboxylic acids is 1. The molecular formula is C17H25ClN2O3S. The average molecular weight is 373 g/mol. The number of hydrogen-bond donors (Lipinski definition) is 1. The minimum atomic E-state index is -0.727. The molecule has 1 amide bonds. The van der Waals surface area contributed by atoms with E-state index in [1.54, 1.807) is 17.4 Å². The predicted octanol–water partition coefficient (Wildman–Crippen LogP) is 2.87. The third kappa shape index (κ3) is 5.33. The Morgan fingerprint density at radius 3 is 2.67 bits per heavy atom. The van der Waals surface area contributed by atoms with Crippen molar-refractivity contribution in [3.05, 3.63) is 35.0 Å². The molecule has 0 spiro atoms. The van der Waals surface area contributed by atoms with Crippen molar-refractivity contribution in [1.82, 2.24) is 9.80 Å². The summed E-state index contributed by atoms with van der Waals surface area (Å²) in [5, 5.41) is 11.1. The first-order chi connectivity index (χ1) is 11.0. The number of halogens is 1. The normalized spacial score (nSPS) is 16.9. The molecular weight excluding hydrogens is 348 g/mol. The topological polar surface area (TPSA) is 60.9 Å². The van der Waals surface area contributed by atoms with Crippen LogP contribution < -0.4 is 0 Å². The van der Waals surface area contributed by atoms with Crippen molar-refractivity contribution in [3.8, 4) is 0 Å². The molecule has 24 heavy (non-hydrogen) atoms. The fourth-order valence-corrected chi connectivity index (χ4v) is 3.65. The zero-order valence-corrected chi connectivity index (χ0v) is 15.5. The lowest BCUT2D eigenvalue weighted by Crippen LogP contribution is -2.50. The molecule has 2 heterocycles. The highest BCUT2D eigenvalue weighted by Gasteiger charge is 2.31. The Balaban J connectivity index is 0.00000288. The second-order valence-corrected chi connectivity index (χ2v) is 6.94. The molecule has 7 heteroatoms. The first kappa shape index (κ1) is 20.7. The zero-order valence-electron chi connectivity index (χ0n) is 13.9. The molecule has 0 saturated carbocycles. The van der Waals surface area contributed by atoms with Crippen LogP contribution in [0.25, 0.3) is 0 Å². The highest BCUT2D eigenvalue weighted by Crippen LogP contribution is 2.21. The van der Waals surface area contributed by atoms with Gasteiger partial charge < -0.3 is 10.0 Å². The number of amides is 1. The van der Waals surface area contributed by atoms with Gasteiger partial charge in [-0.1, -0.05) is 12.1 Å². The van der Waals surface area contributed by atoms with Gasteiger partial charge >= 0.3 is 5.97 Å². The maximum absolute atomic E-state index is 12.8. The molecule has 1 N–H and O–H groups in total. The molecule has 1 atom stereocenters. The van der Waals surface area contributed by atoms with Gasteiger partial charge in [-0.05, 0) is 44.3 Å². The first-order valence-corrected chi connectivity index (χ1v) is 8.79. The maximum Gasteiger partial charge on any atom is 0.306 e. The predicted molar refractivity (Wildman–Crippen MR) is 98.6 cm³/mol. The van der Waals surface area contributed by atoms with E-state index in [0.717, 1.165) is 4.88 Å². The van der Waals surface area contributed by atoms with Gasteiger partial charge in [0.05, 0.1) is 18.5 Å². The Kier molecular flexibility index (Phi) is 8.45. The third-order valence-corrected chi connectivity index (χ3v) is 5.23. The summed E-state index contributed by atoms with van der Waals surface area (Å²) in [7, 11) is 0. The number of thiophene rings is 1. The monoisotopic (exact) mass is 372 g/mol. The fraction of sp³-hybridized carbons (Fsp3) is 0.529. The van der Waals surface area contributed by atoms with Crippen molar-refractivity contribution in [2.45, 2.75) is 32.4 Å². The Morgan fingerprint density at radius 2 is 2.17 bits per heavy atom. The van der Waals surface area contributed by atoms with Crippen molar-refractivity contribution in [3.63, 3.8) is 0 Å². The number of likely N-dealkylation sites (tertiary alicyclic amines) is 1. The Morgan fingerprint density at radius 1 is 1.50 bits per heavy atom. The number of piperidine rings is 1. The van der Waals surface area contributed by atoms with Crippen molar-refractivity contribution in [2.24, 2.45) is 5.92 Å². The van der Waals surface area contributed by atoms with E-state index in [2.05, 4.69) is 11.5 Å². The third-order valence-electron chi connectivity index (χ3n) is 4.37. The summed E-state index contributed by atoms with van der Waals surface area (Å²) in [5.74, 6) is -0.925. The Bertz CT molecular complexity index is 542. The van der Waals surface area contributed by atoms with Crippen molar-refractivity contribution in [2.75, 3.05) is 19.6 Å². The molecule has 1 unspecified atom stereocenters. The summed E-state index contributed by atoms with van der Waals surface area (Å²) < 4.78 is 0. The number of nitrogens with zero attached hydrogens (tertiary/aromatic N) is 2. The van der Waals surface area contributed by atoms with Crippen LogP contribution >= 0.6 is 23.7 Å². The lowest BCUT2D eigenvalue weighted by molar-refractivity contribution is -0.144. The van der Waals surface area contributed by atoms with Gasteiger partial charge in [0.2, 0.25) is 5.91 Å². The maximum atomic E-state index is 12.8. The van der Waals surface area contributed by atoms with Crippen LogP contribution in [0.15, 0.2) is 30.2 Å². The van der Waals surface area contributed by atoms with E-state index in [0.29, 0.717) is 39.0 Å². The molecule has 1 aromatic heterocycles. The van der Waals surface area contributed by atoms with E-state index in [1.807, 2.05) is 29.3 Å². The number of aliphatic carboxylic acids is 1. The van der Waals surface area contributed by atoms with Crippen LogP contribution in [0.2, 0.25) is 0 Å². The van der Waals surface area contributed by atoms with Crippen molar-refractivity contribution in [1.29, 1.82) is 0 Å². The van der Waals surface area contributed by atoms with E-state index in [-0.39, 0.29) is 30.3 Å². The van der Waals surface area contributed by atoms with Gasteiger partial charge in [0.15, 0.2) is 0 Å². The molecule has 1 aliphatic heterocycles. The minimum Gasteiger partial charge on any atom is -0.481 e. The van der Waals surface area contributed by atoms with Gasteiger partial charge in [0.25, 0.3) is 0 Å². The molecule has 5 nitrogen and oxygen atoms in total. The van der Waals surface area contributed by atoms with E-state index < -0.39 is 5.97 Å². The SMILES string of the molecule is C=CCN(Cc1cccs1)C(=O)C(C)N1CCC(C(=O)O)CC1.Cl. The van der Waals surface area contributed by atoms with E-state index in [1.165, 1.54) is 0 Å². The van der Waals surface area contributed by atoms with Crippen LogP contribution in [0.4, 0.5) is 0 Å². The second kappa shape index (κ2) is 9.81. The molecule has 134 valence electrons. The first-order valence-electron chi connectivity index (χ1n) is 7.91. The second-order valence-electron chi connectivity index (χ2n) is 5.91. The molecule has 1 fully saturated rings. The van der Waals surface area contributed by atoms with Gasteiger partial charge in [-0.3, -0.25) is 14.5 Å². The number of carboxylic acid groups (broad SMARTS) is 1. The van der Waals surface area contributed by atoms with Gasteiger partial charge in [-0.2, -0.15) is 0 Å². The fourth-order valence-electron chi connectivity index (χ4n) is 2.93. The van der Waals surface area contributed by atoms with E-state index in [4.69, 9.17) is 5.11 Å². The number of rotatable bonds is 7. The van der Waals surface area contributed by atoms with Crippen molar-refractivity contribution < 1.29 is 14.7 Å². The summed E-state index contributed by atoms with van der Waals surface area (Å²) in [6.45, 7) is 8.09. The van der Waals surface area contributed by atoms with Crippen LogP contribution in [0.5, 0.6) is 0 Å². The molecule has 1 saturated heterocycles. The minimum absolute atomic E-state index is 0. The summed E-state index contributed by atoms with van der Waals surface area (Å²) in [6, 6.07) is 3.78. The number of carbonyl (C=O) groups is 2. The number of hydrogen-bond acceptors (Lipinski definition) is 4. The molecule has 1 aromatic rings. The van der Waals surface area contributed by atoms with Crippen LogP contribution in [-0.4, -0.2) is 52.5 Å². The number of carbonyl (C=O) groups excluding carboxylic acids is 1. The van der Waals surface area contributed by atoms with Gasteiger partial charge in [0.1, 0.15) is 0 Å². The Labute approximate surface area is 153 Å². The van der Waals surface area contributed by atoms with Gasteiger partial charge in [-0.25, -0.2) is 0 Å². The van der Waals surface area contributed by atoms with Crippen LogP contribution in [0, 0.1) is 5.92 Å². The van der Waals surface area contributed by atoms with E-state index in [9.17, 15) is 9.59 Å². The molecule has 2 rings (SSSR count). The van der Waals surface area contributed by atoms with Crippen LogP contribution in [-0.2, 0) is 16.1 Å². The molecule has 0 aliphatic carbocycles. The molecule has 0 bridgehead atoms.